The SMILES string of the molecule is CC(=O)SCC1CC(=O)N(c2nnnn2C)C1. The maximum Gasteiger partial charge on any atom is 0.251 e. The van der Waals surface area contributed by atoms with Gasteiger partial charge in [-0.1, -0.05) is 16.9 Å². The fourth-order valence-corrected chi connectivity index (χ4v) is 2.47. The molecule has 1 amide bonds. The molecule has 1 unspecified atom stereocenters. The lowest BCUT2D eigenvalue weighted by Gasteiger charge is -2.13. The van der Waals surface area contributed by atoms with Crippen molar-refractivity contribution in [3.8, 4) is 0 Å². The molecule has 0 radical (unpaired) electrons. The van der Waals surface area contributed by atoms with Crippen LogP contribution in [0.25, 0.3) is 0 Å². The first kappa shape index (κ1) is 12.0. The number of anilines is 1. The van der Waals surface area contributed by atoms with E-state index in [-0.39, 0.29) is 16.9 Å². The monoisotopic (exact) mass is 255 g/mol. The topological polar surface area (TPSA) is 81.0 Å². The zero-order chi connectivity index (χ0) is 12.4. The molecule has 0 bridgehead atoms. The summed E-state index contributed by atoms with van der Waals surface area (Å²) in [5, 5.41) is 11.1. The summed E-state index contributed by atoms with van der Waals surface area (Å²) < 4.78 is 1.47. The number of carbonyl (C=O) groups is 2. The molecule has 1 aliphatic rings. The van der Waals surface area contributed by atoms with Crippen LogP contribution in [0.5, 0.6) is 0 Å². The lowest BCUT2D eigenvalue weighted by atomic mass is 10.1. The van der Waals surface area contributed by atoms with E-state index >= 15 is 0 Å². The molecule has 2 rings (SSSR count). The van der Waals surface area contributed by atoms with Gasteiger partial charge in [0.05, 0.1) is 0 Å². The standard InChI is InChI=1S/C9H13N5O2S/c1-6(15)17-5-7-3-8(16)14(4-7)9-10-11-12-13(9)2/h7H,3-5H2,1-2H3. The number of thioether (sulfide) groups is 1. The number of aryl methyl sites for hydroxylation is 1. The highest BCUT2D eigenvalue weighted by molar-refractivity contribution is 8.13. The third kappa shape index (κ3) is 2.63. The van der Waals surface area contributed by atoms with Gasteiger partial charge in [-0.05, 0) is 16.3 Å². The largest absolute Gasteiger partial charge is 0.288 e. The summed E-state index contributed by atoms with van der Waals surface area (Å²) in [7, 11) is 1.69. The number of tetrazole rings is 1. The Labute approximate surface area is 103 Å². The molecular formula is C9H13N5O2S. The Morgan fingerprint density at radius 1 is 1.59 bits per heavy atom. The summed E-state index contributed by atoms with van der Waals surface area (Å²) in [5.41, 5.74) is 0. The van der Waals surface area contributed by atoms with Crippen molar-refractivity contribution in [2.24, 2.45) is 13.0 Å². The Hall–Kier alpha value is -1.44. The Kier molecular flexibility index (Phi) is 3.41. The Morgan fingerprint density at radius 2 is 2.35 bits per heavy atom. The molecule has 1 aliphatic heterocycles. The van der Waals surface area contributed by atoms with E-state index in [2.05, 4.69) is 15.5 Å². The molecule has 1 saturated heterocycles. The Bertz CT molecular complexity index is 446. The average molecular weight is 255 g/mol. The minimum atomic E-state index is 0.0112. The minimum absolute atomic E-state index is 0.0112. The van der Waals surface area contributed by atoms with E-state index in [9.17, 15) is 9.59 Å². The van der Waals surface area contributed by atoms with Crippen molar-refractivity contribution < 1.29 is 9.59 Å². The zero-order valence-electron chi connectivity index (χ0n) is 9.66. The molecule has 17 heavy (non-hydrogen) atoms. The molecule has 2 heterocycles. The first-order valence-corrected chi connectivity index (χ1v) is 6.22. The van der Waals surface area contributed by atoms with Crippen molar-refractivity contribution in [2.45, 2.75) is 13.3 Å². The molecule has 1 atom stereocenters. The van der Waals surface area contributed by atoms with Gasteiger partial charge in [0.1, 0.15) is 0 Å². The summed E-state index contributed by atoms with van der Waals surface area (Å²) in [6.07, 6.45) is 0.452. The quantitative estimate of drug-likeness (QED) is 0.746. The van der Waals surface area contributed by atoms with E-state index in [1.165, 1.54) is 23.4 Å². The van der Waals surface area contributed by atoms with Crippen LogP contribution in [0.15, 0.2) is 0 Å². The van der Waals surface area contributed by atoms with Crippen LogP contribution < -0.4 is 4.90 Å². The lowest BCUT2D eigenvalue weighted by molar-refractivity contribution is -0.117. The Morgan fingerprint density at radius 3 is 2.94 bits per heavy atom. The van der Waals surface area contributed by atoms with Gasteiger partial charge >= 0.3 is 0 Å². The minimum Gasteiger partial charge on any atom is -0.288 e. The van der Waals surface area contributed by atoms with Gasteiger partial charge in [0.2, 0.25) is 5.91 Å². The van der Waals surface area contributed by atoms with Crippen LogP contribution in [0, 0.1) is 5.92 Å². The van der Waals surface area contributed by atoms with Gasteiger partial charge in [-0.2, -0.15) is 0 Å². The molecule has 0 aliphatic carbocycles. The highest BCUT2D eigenvalue weighted by atomic mass is 32.2. The van der Waals surface area contributed by atoms with Gasteiger partial charge in [-0.15, -0.1) is 0 Å². The van der Waals surface area contributed by atoms with Crippen molar-refractivity contribution in [1.82, 2.24) is 20.2 Å². The van der Waals surface area contributed by atoms with E-state index < -0.39 is 0 Å². The van der Waals surface area contributed by atoms with E-state index in [1.807, 2.05) is 0 Å². The van der Waals surface area contributed by atoms with Crippen LogP contribution in [-0.2, 0) is 16.6 Å². The average Bonchev–Trinajstić information content (AvgIpc) is 2.81. The molecule has 8 heteroatoms. The second-order valence-electron chi connectivity index (χ2n) is 3.98. The molecule has 1 aromatic rings. The molecule has 0 N–H and O–H groups in total. The molecule has 0 saturated carbocycles. The second kappa shape index (κ2) is 4.82. The van der Waals surface area contributed by atoms with Crippen molar-refractivity contribution >= 4 is 28.7 Å². The predicted octanol–water partition coefficient (Wildman–Crippen LogP) is -0.157. The normalized spacial score (nSPS) is 20.0. The molecular weight excluding hydrogens is 242 g/mol. The van der Waals surface area contributed by atoms with E-state index in [4.69, 9.17) is 0 Å². The van der Waals surface area contributed by atoms with Crippen LogP contribution in [0.1, 0.15) is 13.3 Å². The number of nitrogens with zero attached hydrogens (tertiary/aromatic N) is 5. The van der Waals surface area contributed by atoms with E-state index in [0.29, 0.717) is 24.7 Å². The van der Waals surface area contributed by atoms with Crippen LogP contribution in [-0.4, -0.2) is 43.5 Å². The number of aromatic nitrogens is 4. The molecule has 7 nitrogen and oxygen atoms in total. The zero-order valence-corrected chi connectivity index (χ0v) is 10.5. The van der Waals surface area contributed by atoms with Crippen molar-refractivity contribution in [2.75, 3.05) is 17.2 Å². The second-order valence-corrected chi connectivity index (χ2v) is 5.18. The predicted molar refractivity (Wildman–Crippen MR) is 62.4 cm³/mol. The molecule has 0 aromatic carbocycles. The maximum atomic E-state index is 11.8. The van der Waals surface area contributed by atoms with Crippen molar-refractivity contribution in [3.05, 3.63) is 0 Å². The van der Waals surface area contributed by atoms with Crippen LogP contribution in [0.3, 0.4) is 0 Å². The number of hydrogen-bond acceptors (Lipinski definition) is 6. The van der Waals surface area contributed by atoms with Crippen molar-refractivity contribution in [1.29, 1.82) is 0 Å². The molecule has 92 valence electrons. The summed E-state index contributed by atoms with van der Waals surface area (Å²) in [5.74, 6) is 1.33. The van der Waals surface area contributed by atoms with Gasteiger partial charge in [0.15, 0.2) is 5.12 Å². The summed E-state index contributed by atoms with van der Waals surface area (Å²) in [4.78, 5) is 24.3. The fraction of sp³-hybridized carbons (Fsp3) is 0.667. The van der Waals surface area contributed by atoms with Gasteiger partial charge < -0.3 is 0 Å². The molecule has 1 aromatic heterocycles. The molecule has 0 spiro atoms. The van der Waals surface area contributed by atoms with Crippen LogP contribution >= 0.6 is 11.8 Å². The number of amides is 1. The van der Waals surface area contributed by atoms with Gasteiger partial charge in [-0.25, -0.2) is 4.68 Å². The number of carbonyl (C=O) groups excluding carboxylic acids is 2. The third-order valence-corrected chi connectivity index (χ3v) is 3.61. The highest BCUT2D eigenvalue weighted by Gasteiger charge is 2.33. The maximum absolute atomic E-state index is 11.8. The van der Waals surface area contributed by atoms with E-state index in [1.54, 1.807) is 11.9 Å². The summed E-state index contributed by atoms with van der Waals surface area (Å²) in [6.45, 7) is 2.11. The van der Waals surface area contributed by atoms with Crippen LogP contribution in [0.2, 0.25) is 0 Å². The molecule has 1 fully saturated rings. The first-order chi connectivity index (χ1) is 8.08. The van der Waals surface area contributed by atoms with Gasteiger partial charge in [-0.3, -0.25) is 14.5 Å². The lowest BCUT2D eigenvalue weighted by Crippen LogP contribution is -2.27. The number of hydrogen-bond donors (Lipinski definition) is 0. The first-order valence-electron chi connectivity index (χ1n) is 5.24. The van der Waals surface area contributed by atoms with E-state index in [0.717, 1.165) is 0 Å². The number of rotatable bonds is 3. The summed E-state index contributed by atoms with van der Waals surface area (Å²) in [6, 6.07) is 0. The highest BCUT2D eigenvalue weighted by Crippen LogP contribution is 2.25. The van der Waals surface area contributed by atoms with Crippen molar-refractivity contribution in [3.63, 3.8) is 0 Å². The van der Waals surface area contributed by atoms with Crippen LogP contribution in [0.4, 0.5) is 5.95 Å². The van der Waals surface area contributed by atoms with Gasteiger partial charge in [0.25, 0.3) is 5.95 Å². The fourth-order valence-electron chi connectivity index (χ4n) is 1.78. The Balaban J connectivity index is 2.01. The third-order valence-electron chi connectivity index (χ3n) is 2.57. The summed E-state index contributed by atoms with van der Waals surface area (Å²) >= 11 is 1.26. The smallest absolute Gasteiger partial charge is 0.251 e. The van der Waals surface area contributed by atoms with Gasteiger partial charge in [0, 0.05) is 32.7 Å².